The Balaban J connectivity index is 1.89. The number of benzene rings is 1. The van der Waals surface area contributed by atoms with Crippen molar-refractivity contribution in [1.82, 2.24) is 0 Å². The molecule has 0 aromatic heterocycles. The first-order valence-corrected chi connectivity index (χ1v) is 14.5. The molecule has 29 heavy (non-hydrogen) atoms. The Bertz CT molecular complexity index is 822. The second kappa shape index (κ2) is 8.02. The number of hydrogen-bond acceptors (Lipinski definition) is 3. The van der Waals surface area contributed by atoms with Crippen LogP contribution in [-0.4, -0.2) is 19.9 Å². The number of ether oxygens (including phenoxy) is 1. The normalized spacial score (nSPS) is 26.8. The van der Waals surface area contributed by atoms with Crippen LogP contribution in [0.15, 0.2) is 0 Å². The highest BCUT2D eigenvalue weighted by Gasteiger charge is 2.64. The number of esters is 1. The third kappa shape index (κ3) is 3.97. The van der Waals surface area contributed by atoms with E-state index >= 15 is 0 Å². The first-order chi connectivity index (χ1) is 13.2. The Hall–Kier alpha value is 0.317. The first kappa shape index (κ1) is 24.0. The van der Waals surface area contributed by atoms with Gasteiger partial charge in [-0.1, -0.05) is 85.2 Å². The minimum Gasteiger partial charge on any atom is -0.423 e. The summed E-state index contributed by atoms with van der Waals surface area (Å²) >= 11 is 30.7. The van der Waals surface area contributed by atoms with E-state index in [4.69, 9.17) is 67.2 Å². The fraction of sp³-hybridized carbons (Fsp3) is 0.650. The fourth-order valence-corrected chi connectivity index (χ4v) is 7.01. The van der Waals surface area contributed by atoms with Gasteiger partial charge in [0.15, 0.2) is 14.1 Å². The molecule has 0 saturated heterocycles. The van der Waals surface area contributed by atoms with Gasteiger partial charge in [-0.3, -0.25) is 4.79 Å². The van der Waals surface area contributed by atoms with Crippen LogP contribution in [0.2, 0.25) is 43.2 Å². The van der Waals surface area contributed by atoms with Gasteiger partial charge in [-0.05, 0) is 43.3 Å². The highest BCUT2D eigenvalue weighted by atomic mass is 35.5. The van der Waals surface area contributed by atoms with E-state index in [2.05, 4.69) is 33.9 Å². The van der Waals surface area contributed by atoms with Gasteiger partial charge in [-0.25, -0.2) is 0 Å². The number of carbonyl (C=O) groups excluding carboxylic acids is 1. The Kier molecular flexibility index (Phi) is 6.63. The Morgan fingerprint density at radius 3 is 2.00 bits per heavy atom. The van der Waals surface area contributed by atoms with Crippen LogP contribution in [0.4, 0.5) is 0 Å². The predicted octanol–water partition coefficient (Wildman–Crippen LogP) is 8.44. The average Bonchev–Trinajstić information content (AvgIpc) is 2.90. The number of fused-ring (bicyclic) bond motifs is 1. The molecular weight excluding hydrogens is 494 g/mol. The molecule has 0 spiro atoms. The van der Waals surface area contributed by atoms with Crippen LogP contribution < -0.4 is 4.74 Å². The van der Waals surface area contributed by atoms with Gasteiger partial charge in [0.2, 0.25) is 0 Å². The fourth-order valence-electron chi connectivity index (χ4n) is 4.15. The van der Waals surface area contributed by atoms with Crippen LogP contribution in [0.5, 0.6) is 5.75 Å². The van der Waals surface area contributed by atoms with E-state index in [1.165, 1.54) is 0 Å². The van der Waals surface area contributed by atoms with Crippen molar-refractivity contribution < 1.29 is 14.0 Å². The Morgan fingerprint density at radius 1 is 1.00 bits per heavy atom. The summed E-state index contributed by atoms with van der Waals surface area (Å²) in [5, 5.41) is 0.0285. The summed E-state index contributed by atoms with van der Waals surface area (Å²) in [5.41, 5.74) is -0.473. The lowest BCUT2D eigenvalue weighted by atomic mass is 9.63. The molecule has 0 amide bonds. The van der Waals surface area contributed by atoms with E-state index in [0.29, 0.717) is 5.92 Å². The van der Waals surface area contributed by atoms with Crippen LogP contribution in [-0.2, 0) is 9.22 Å². The average molecular weight is 519 g/mol. The summed E-state index contributed by atoms with van der Waals surface area (Å²) in [7, 11) is -2.08. The first-order valence-electron chi connectivity index (χ1n) is 9.66. The Morgan fingerprint density at radius 2 is 1.52 bits per heavy atom. The molecule has 2 fully saturated rings. The van der Waals surface area contributed by atoms with Gasteiger partial charge in [0.25, 0.3) is 0 Å². The predicted molar refractivity (Wildman–Crippen MR) is 124 cm³/mol. The van der Waals surface area contributed by atoms with Crippen LogP contribution >= 0.6 is 58.0 Å². The van der Waals surface area contributed by atoms with Crippen molar-refractivity contribution in [3.8, 4) is 5.75 Å². The molecule has 0 N–H and O–H groups in total. The van der Waals surface area contributed by atoms with Gasteiger partial charge in [-0.2, -0.15) is 0 Å². The summed E-state index contributed by atoms with van der Waals surface area (Å²) in [5.74, 6) is -0.469. The maximum atomic E-state index is 13.2. The summed E-state index contributed by atoms with van der Waals surface area (Å²) in [6.45, 7) is 11.0. The monoisotopic (exact) mass is 516 g/mol. The number of rotatable bonds is 4. The third-order valence-electron chi connectivity index (χ3n) is 6.83. The number of carbonyl (C=O) groups is 1. The minimum atomic E-state index is -2.08. The quantitative estimate of drug-likeness (QED) is 0.132. The van der Waals surface area contributed by atoms with E-state index in [9.17, 15) is 4.79 Å². The van der Waals surface area contributed by atoms with Crippen molar-refractivity contribution in [3.05, 3.63) is 25.1 Å². The molecule has 3 nitrogen and oxygen atoms in total. The molecule has 9 heteroatoms. The zero-order chi connectivity index (χ0) is 21.9. The van der Waals surface area contributed by atoms with Crippen LogP contribution in [0, 0.1) is 11.8 Å². The summed E-state index contributed by atoms with van der Waals surface area (Å²) in [4.78, 5) is 13.2. The van der Waals surface area contributed by atoms with Crippen molar-refractivity contribution in [1.29, 1.82) is 0 Å². The van der Waals surface area contributed by atoms with Gasteiger partial charge in [0.1, 0.15) is 10.0 Å². The maximum absolute atomic E-state index is 13.2. The molecule has 0 heterocycles. The minimum absolute atomic E-state index is 0.00474. The molecule has 3 rings (SSSR count). The zero-order valence-electron chi connectivity index (χ0n) is 17.1. The van der Waals surface area contributed by atoms with Crippen molar-refractivity contribution in [2.24, 2.45) is 11.8 Å². The molecular formula is C20H25Cl5O3Si. The standard InChI is InChI=1S/C20H25Cl5O3Si/c1-19(2,3)29(4,5)28-20-8-6-7-10(20)9-11(20)18(26)27-17-15(24)13(22)12(21)14(23)16(17)25/h10-11H,6-9H2,1-5H3/t10-,11+,20+/m0/s1. The van der Waals surface area contributed by atoms with Crippen LogP contribution in [0.25, 0.3) is 0 Å². The molecule has 2 aliphatic rings. The molecule has 3 atom stereocenters. The van der Waals surface area contributed by atoms with Gasteiger partial charge >= 0.3 is 5.97 Å². The summed E-state index contributed by atoms with van der Waals surface area (Å²) < 4.78 is 12.5. The second-order valence-electron chi connectivity index (χ2n) is 9.51. The summed E-state index contributed by atoms with van der Waals surface area (Å²) in [6.07, 6.45) is 3.70. The van der Waals surface area contributed by atoms with Crippen LogP contribution in [0.3, 0.4) is 0 Å². The SMILES string of the molecule is CC(C)(C)[Si](C)(C)O[C@]12CCC[C@H]1C[C@@H]2C(=O)Oc1c(Cl)c(Cl)c(Cl)c(Cl)c1Cl. The van der Waals surface area contributed by atoms with E-state index in [-0.39, 0.29) is 41.8 Å². The molecule has 162 valence electrons. The zero-order valence-corrected chi connectivity index (χ0v) is 21.9. The lowest BCUT2D eigenvalue weighted by Crippen LogP contribution is -2.63. The van der Waals surface area contributed by atoms with Crippen molar-refractivity contribution in [3.63, 3.8) is 0 Å². The van der Waals surface area contributed by atoms with Crippen LogP contribution in [0.1, 0.15) is 46.5 Å². The molecule has 2 saturated carbocycles. The lowest BCUT2D eigenvalue weighted by Gasteiger charge is -2.56. The summed E-state index contributed by atoms with van der Waals surface area (Å²) in [6, 6.07) is 0. The van der Waals surface area contributed by atoms with E-state index in [1.807, 2.05) is 0 Å². The highest BCUT2D eigenvalue weighted by molar-refractivity contribution is 6.74. The Labute approximate surface area is 198 Å². The van der Waals surface area contributed by atoms with Crippen molar-refractivity contribution in [2.75, 3.05) is 0 Å². The molecule has 1 aromatic carbocycles. The van der Waals surface area contributed by atoms with Gasteiger partial charge in [-0.15, -0.1) is 0 Å². The molecule has 0 bridgehead atoms. The van der Waals surface area contributed by atoms with E-state index < -0.39 is 19.9 Å². The largest absolute Gasteiger partial charge is 0.423 e. The van der Waals surface area contributed by atoms with Gasteiger partial charge in [0, 0.05) is 0 Å². The second-order valence-corrected chi connectivity index (χ2v) is 16.1. The molecule has 0 unspecified atom stereocenters. The van der Waals surface area contributed by atoms with E-state index in [1.54, 1.807) is 0 Å². The number of hydrogen-bond donors (Lipinski definition) is 0. The van der Waals surface area contributed by atoms with Crippen molar-refractivity contribution >= 4 is 72.3 Å². The van der Waals surface area contributed by atoms with Gasteiger partial charge in [0.05, 0.1) is 26.6 Å². The van der Waals surface area contributed by atoms with E-state index in [0.717, 1.165) is 25.7 Å². The van der Waals surface area contributed by atoms with Crippen molar-refractivity contribution in [2.45, 2.75) is 70.2 Å². The topological polar surface area (TPSA) is 35.5 Å². The molecule has 0 aliphatic heterocycles. The molecule has 1 aromatic rings. The lowest BCUT2D eigenvalue weighted by molar-refractivity contribution is -0.171. The maximum Gasteiger partial charge on any atom is 0.317 e. The molecule has 0 radical (unpaired) electrons. The number of halogens is 5. The van der Waals surface area contributed by atoms with Gasteiger partial charge < -0.3 is 9.16 Å². The highest BCUT2D eigenvalue weighted by Crippen LogP contribution is 2.60. The molecule has 2 aliphatic carbocycles. The third-order valence-corrected chi connectivity index (χ3v) is 13.6. The smallest absolute Gasteiger partial charge is 0.317 e.